The van der Waals surface area contributed by atoms with E-state index in [0.29, 0.717) is 5.69 Å². The fraction of sp³-hybridized carbons (Fsp3) is 0.438. The van der Waals surface area contributed by atoms with Gasteiger partial charge in [0.1, 0.15) is 0 Å². The summed E-state index contributed by atoms with van der Waals surface area (Å²) in [7, 11) is 1.28. The zero-order chi connectivity index (χ0) is 16.1. The Morgan fingerprint density at radius 1 is 1.45 bits per heavy atom. The number of ether oxygens (including phenoxy) is 2. The number of nitrogens with zero attached hydrogens (tertiary/aromatic N) is 2. The van der Waals surface area contributed by atoms with Gasteiger partial charge < -0.3 is 9.47 Å². The van der Waals surface area contributed by atoms with Crippen molar-refractivity contribution in [3.8, 4) is 6.07 Å². The van der Waals surface area contributed by atoms with Crippen LogP contribution in [0.15, 0.2) is 24.3 Å². The van der Waals surface area contributed by atoms with E-state index in [9.17, 15) is 14.9 Å². The summed E-state index contributed by atoms with van der Waals surface area (Å²) in [5.41, 5.74) is 0.523. The summed E-state index contributed by atoms with van der Waals surface area (Å²) in [5, 5.41) is 9.52. The molecule has 0 aromatic heterocycles. The van der Waals surface area contributed by atoms with Gasteiger partial charge in [0.15, 0.2) is 12.1 Å². The maximum Gasteiger partial charge on any atom is 0.417 e. The van der Waals surface area contributed by atoms with Crippen LogP contribution in [0.2, 0.25) is 0 Å². The van der Waals surface area contributed by atoms with Crippen LogP contribution in [-0.4, -0.2) is 25.4 Å². The van der Waals surface area contributed by atoms with Crippen molar-refractivity contribution in [1.82, 2.24) is 0 Å². The number of hydrogen-bond donors (Lipinski definition) is 0. The molecule has 6 heteroatoms. The summed E-state index contributed by atoms with van der Waals surface area (Å²) in [4.78, 5) is 25.7. The highest BCUT2D eigenvalue weighted by molar-refractivity contribution is 5.96. The van der Waals surface area contributed by atoms with Gasteiger partial charge in [-0.3, -0.25) is 4.79 Å². The Labute approximate surface area is 128 Å². The maximum atomic E-state index is 12.2. The highest BCUT2D eigenvalue weighted by Crippen LogP contribution is 2.57. The number of nitriles is 1. The number of amides is 1. The van der Waals surface area contributed by atoms with Crippen molar-refractivity contribution < 1.29 is 19.1 Å². The predicted octanol–water partition coefficient (Wildman–Crippen LogP) is 2.19. The van der Waals surface area contributed by atoms with Gasteiger partial charge >= 0.3 is 12.1 Å². The van der Waals surface area contributed by atoms with E-state index in [1.54, 1.807) is 12.1 Å². The van der Waals surface area contributed by atoms with E-state index in [-0.39, 0.29) is 5.92 Å². The molecule has 0 spiro atoms. The molecule has 0 radical (unpaired) electrons. The minimum Gasteiger partial charge on any atom is -0.452 e. The molecule has 1 amide bonds. The number of fused-ring (bicyclic) bond motifs is 3. The van der Waals surface area contributed by atoms with Crippen LogP contribution in [0.1, 0.15) is 19.4 Å². The van der Waals surface area contributed by atoms with E-state index in [1.807, 2.05) is 26.0 Å². The summed E-state index contributed by atoms with van der Waals surface area (Å²) < 4.78 is 10.3. The molecule has 6 nitrogen and oxygen atoms in total. The van der Waals surface area contributed by atoms with E-state index in [2.05, 4.69) is 6.07 Å². The molecule has 0 saturated carbocycles. The first kappa shape index (κ1) is 14.4. The molecule has 3 atom stereocenters. The lowest BCUT2D eigenvalue weighted by Gasteiger charge is -2.34. The first-order valence-electron chi connectivity index (χ1n) is 7.06. The van der Waals surface area contributed by atoms with Gasteiger partial charge in [-0.15, -0.1) is 0 Å². The number of rotatable bonds is 1. The van der Waals surface area contributed by atoms with Gasteiger partial charge in [-0.2, -0.15) is 5.26 Å². The van der Waals surface area contributed by atoms with Crippen molar-refractivity contribution in [1.29, 1.82) is 5.26 Å². The molecule has 22 heavy (non-hydrogen) atoms. The molecule has 1 unspecified atom stereocenters. The standard InChI is InChI=1S/C16H16N2O4/c1-9(2)16-10-6-4-5-7-12(10)18(15(20)21-3)14(16)22-13(19)11(16)8-17/h4-7,9,11,14H,1-3H3/t11-,14?,16-/m0/s1. The molecule has 1 saturated heterocycles. The molecule has 1 aromatic rings. The van der Waals surface area contributed by atoms with Crippen molar-refractivity contribution in [3.63, 3.8) is 0 Å². The van der Waals surface area contributed by atoms with Crippen LogP contribution in [0.5, 0.6) is 0 Å². The number of benzene rings is 1. The number of esters is 1. The van der Waals surface area contributed by atoms with Crippen molar-refractivity contribution in [2.24, 2.45) is 11.8 Å². The first-order valence-corrected chi connectivity index (χ1v) is 7.06. The first-order chi connectivity index (χ1) is 10.5. The van der Waals surface area contributed by atoms with Gasteiger partial charge in [0.05, 0.1) is 24.3 Å². The normalized spacial score (nSPS) is 28.9. The topological polar surface area (TPSA) is 79.6 Å². The fourth-order valence-electron chi connectivity index (χ4n) is 3.73. The van der Waals surface area contributed by atoms with E-state index in [4.69, 9.17) is 9.47 Å². The molecule has 0 bridgehead atoms. The maximum absolute atomic E-state index is 12.2. The molecule has 0 N–H and O–H groups in total. The van der Waals surface area contributed by atoms with Gasteiger partial charge in [0, 0.05) is 0 Å². The number of carbonyl (C=O) groups excluding carboxylic acids is 2. The Hall–Kier alpha value is -2.55. The number of anilines is 1. The molecule has 3 rings (SSSR count). The molecular weight excluding hydrogens is 284 g/mol. The second-order valence-electron chi connectivity index (χ2n) is 5.80. The van der Waals surface area contributed by atoms with Gasteiger partial charge in [-0.1, -0.05) is 32.0 Å². The molecular formula is C16H16N2O4. The van der Waals surface area contributed by atoms with Crippen LogP contribution < -0.4 is 4.90 Å². The molecule has 2 aliphatic heterocycles. The van der Waals surface area contributed by atoms with Gasteiger partial charge in [-0.05, 0) is 17.5 Å². The van der Waals surface area contributed by atoms with Crippen molar-refractivity contribution in [2.75, 3.05) is 12.0 Å². The molecule has 1 aromatic carbocycles. The lowest BCUT2D eigenvalue weighted by Crippen LogP contribution is -2.49. The SMILES string of the molecule is COC(=O)N1c2ccccc2[C@]2(C(C)C)C1OC(=O)[C@@H]2C#N. The average Bonchev–Trinajstić information content (AvgIpc) is 2.95. The highest BCUT2D eigenvalue weighted by Gasteiger charge is 2.68. The second-order valence-corrected chi connectivity index (χ2v) is 5.80. The van der Waals surface area contributed by atoms with Crippen molar-refractivity contribution >= 4 is 17.7 Å². The quantitative estimate of drug-likeness (QED) is 0.743. The zero-order valence-electron chi connectivity index (χ0n) is 12.6. The second kappa shape index (κ2) is 4.73. The molecule has 114 valence electrons. The Balaban J connectivity index is 2.31. The Morgan fingerprint density at radius 2 is 2.14 bits per heavy atom. The predicted molar refractivity (Wildman–Crippen MR) is 76.8 cm³/mol. The molecule has 2 aliphatic rings. The number of para-hydroxylation sites is 1. The van der Waals surface area contributed by atoms with E-state index in [0.717, 1.165) is 5.56 Å². The van der Waals surface area contributed by atoms with Crippen LogP contribution in [-0.2, 0) is 19.7 Å². The Kier molecular flexibility index (Phi) is 3.10. The largest absolute Gasteiger partial charge is 0.452 e. The third kappa shape index (κ3) is 1.48. The zero-order valence-corrected chi connectivity index (χ0v) is 12.6. The monoisotopic (exact) mass is 300 g/mol. The molecule has 0 aliphatic carbocycles. The third-order valence-electron chi connectivity index (χ3n) is 4.67. The van der Waals surface area contributed by atoms with Crippen LogP contribution >= 0.6 is 0 Å². The van der Waals surface area contributed by atoms with E-state index < -0.39 is 29.6 Å². The third-order valence-corrected chi connectivity index (χ3v) is 4.67. The number of hydrogen-bond acceptors (Lipinski definition) is 5. The highest BCUT2D eigenvalue weighted by atomic mass is 16.6. The van der Waals surface area contributed by atoms with Crippen LogP contribution in [0, 0.1) is 23.2 Å². The Morgan fingerprint density at radius 3 is 2.73 bits per heavy atom. The van der Waals surface area contributed by atoms with Gasteiger partial charge in [-0.25, -0.2) is 9.69 Å². The van der Waals surface area contributed by atoms with Crippen molar-refractivity contribution in [2.45, 2.75) is 25.5 Å². The fourth-order valence-corrected chi connectivity index (χ4v) is 3.73. The van der Waals surface area contributed by atoms with Crippen molar-refractivity contribution in [3.05, 3.63) is 29.8 Å². The van der Waals surface area contributed by atoms with Crippen LogP contribution in [0.25, 0.3) is 0 Å². The molecule has 1 fully saturated rings. The minimum atomic E-state index is -0.951. The number of carbonyl (C=O) groups is 2. The van der Waals surface area contributed by atoms with Gasteiger partial charge in [0.25, 0.3) is 0 Å². The van der Waals surface area contributed by atoms with Crippen LogP contribution in [0.4, 0.5) is 10.5 Å². The minimum absolute atomic E-state index is 0.0793. The lowest BCUT2D eigenvalue weighted by molar-refractivity contribution is -0.142. The van der Waals surface area contributed by atoms with Gasteiger partial charge in [0.2, 0.25) is 0 Å². The summed E-state index contributed by atoms with van der Waals surface area (Å²) in [6.45, 7) is 3.85. The Bertz CT molecular complexity index is 694. The molecule has 2 heterocycles. The summed E-state index contributed by atoms with van der Waals surface area (Å²) in [6, 6.07) is 9.32. The number of methoxy groups -OCH3 is 1. The van der Waals surface area contributed by atoms with Crippen LogP contribution in [0.3, 0.4) is 0 Å². The smallest absolute Gasteiger partial charge is 0.417 e. The lowest BCUT2D eigenvalue weighted by atomic mass is 9.65. The summed E-state index contributed by atoms with van der Waals surface area (Å²) in [5.74, 6) is -1.62. The van der Waals surface area contributed by atoms with E-state index in [1.165, 1.54) is 12.0 Å². The summed E-state index contributed by atoms with van der Waals surface area (Å²) in [6.07, 6.45) is -1.46. The summed E-state index contributed by atoms with van der Waals surface area (Å²) >= 11 is 0. The van der Waals surface area contributed by atoms with E-state index >= 15 is 0 Å². The average molecular weight is 300 g/mol.